The van der Waals surface area contributed by atoms with E-state index >= 15 is 0 Å². The minimum Gasteiger partial charge on any atom is -0.397 e. The van der Waals surface area contributed by atoms with E-state index in [4.69, 9.17) is 10.8 Å². The number of aliphatic hydroxyl groups excluding tert-OH is 1. The Balaban J connectivity index is 2.03. The highest BCUT2D eigenvalue weighted by atomic mass is 32.1. The first kappa shape index (κ1) is 13.8. The number of hydrogen-bond acceptors (Lipinski definition) is 5. The summed E-state index contributed by atoms with van der Waals surface area (Å²) in [5.74, 6) is -0.175. The Morgan fingerprint density at radius 1 is 1.63 bits per heavy atom. The third kappa shape index (κ3) is 3.21. The molecule has 2 heterocycles. The number of carbonyl (C=O) groups excluding carboxylic acids is 1. The minimum absolute atomic E-state index is 0.175. The van der Waals surface area contributed by atoms with Crippen LogP contribution in [-0.4, -0.2) is 28.6 Å². The SMILES string of the molecule is CC(O)CCCNC(=O)c1sc2ncccc2c1N. The van der Waals surface area contributed by atoms with Gasteiger partial charge in [0.2, 0.25) is 0 Å². The first-order chi connectivity index (χ1) is 9.09. The van der Waals surface area contributed by atoms with E-state index in [1.165, 1.54) is 11.3 Å². The third-order valence-corrected chi connectivity index (χ3v) is 3.92. The Labute approximate surface area is 115 Å². The van der Waals surface area contributed by atoms with Crippen molar-refractivity contribution in [3.63, 3.8) is 0 Å². The molecule has 0 aliphatic heterocycles. The zero-order valence-electron chi connectivity index (χ0n) is 10.7. The predicted molar refractivity (Wildman–Crippen MR) is 77.3 cm³/mol. The lowest BCUT2D eigenvalue weighted by Crippen LogP contribution is -2.24. The number of rotatable bonds is 5. The number of nitrogen functional groups attached to an aromatic ring is 1. The lowest BCUT2D eigenvalue weighted by molar-refractivity contribution is 0.0954. The monoisotopic (exact) mass is 279 g/mol. The number of nitrogens with two attached hydrogens (primary N) is 1. The van der Waals surface area contributed by atoms with E-state index < -0.39 is 0 Å². The van der Waals surface area contributed by atoms with Crippen molar-refractivity contribution in [2.75, 3.05) is 12.3 Å². The van der Waals surface area contributed by atoms with Gasteiger partial charge in [0.25, 0.3) is 5.91 Å². The van der Waals surface area contributed by atoms with Crippen molar-refractivity contribution in [1.29, 1.82) is 0 Å². The molecule has 0 aromatic carbocycles. The summed E-state index contributed by atoms with van der Waals surface area (Å²) in [5.41, 5.74) is 6.45. The third-order valence-electron chi connectivity index (χ3n) is 2.80. The van der Waals surface area contributed by atoms with Gasteiger partial charge >= 0.3 is 0 Å². The van der Waals surface area contributed by atoms with Crippen LogP contribution in [-0.2, 0) is 0 Å². The molecule has 2 aromatic rings. The Morgan fingerprint density at radius 2 is 2.42 bits per heavy atom. The summed E-state index contributed by atoms with van der Waals surface area (Å²) in [6.07, 6.45) is 2.76. The quantitative estimate of drug-likeness (QED) is 0.728. The fourth-order valence-corrected chi connectivity index (χ4v) is 2.78. The van der Waals surface area contributed by atoms with Crippen molar-refractivity contribution in [3.8, 4) is 0 Å². The second-order valence-corrected chi connectivity index (χ2v) is 5.45. The van der Waals surface area contributed by atoms with E-state index in [0.717, 1.165) is 16.6 Å². The summed E-state index contributed by atoms with van der Waals surface area (Å²) in [7, 11) is 0. The van der Waals surface area contributed by atoms with Crippen molar-refractivity contribution in [2.45, 2.75) is 25.9 Å². The average molecular weight is 279 g/mol. The van der Waals surface area contributed by atoms with Gasteiger partial charge < -0.3 is 16.2 Å². The van der Waals surface area contributed by atoms with Gasteiger partial charge in [0.1, 0.15) is 9.71 Å². The molecule has 2 aromatic heterocycles. The minimum atomic E-state index is -0.338. The van der Waals surface area contributed by atoms with Crippen molar-refractivity contribution in [2.24, 2.45) is 0 Å². The maximum Gasteiger partial charge on any atom is 0.263 e. The maximum atomic E-state index is 12.0. The first-order valence-corrected chi connectivity index (χ1v) is 7.00. The Bertz CT molecular complexity index is 580. The Hall–Kier alpha value is -1.66. The number of aromatic nitrogens is 1. The fraction of sp³-hybridized carbons (Fsp3) is 0.385. The molecule has 102 valence electrons. The zero-order valence-corrected chi connectivity index (χ0v) is 11.5. The lowest BCUT2D eigenvalue weighted by Gasteiger charge is -2.05. The van der Waals surface area contributed by atoms with Crippen LogP contribution < -0.4 is 11.1 Å². The largest absolute Gasteiger partial charge is 0.397 e. The summed E-state index contributed by atoms with van der Waals surface area (Å²) < 4.78 is 0. The fourth-order valence-electron chi connectivity index (χ4n) is 1.80. The van der Waals surface area contributed by atoms with E-state index in [-0.39, 0.29) is 12.0 Å². The van der Waals surface area contributed by atoms with Gasteiger partial charge in [-0.05, 0) is 31.9 Å². The molecule has 6 heteroatoms. The molecule has 1 unspecified atom stereocenters. The van der Waals surface area contributed by atoms with Crippen LogP contribution in [0.5, 0.6) is 0 Å². The molecule has 1 amide bonds. The van der Waals surface area contributed by atoms with Gasteiger partial charge in [-0.25, -0.2) is 4.98 Å². The van der Waals surface area contributed by atoms with E-state index in [2.05, 4.69) is 10.3 Å². The molecule has 0 saturated carbocycles. The average Bonchev–Trinajstić information content (AvgIpc) is 2.72. The van der Waals surface area contributed by atoms with Gasteiger partial charge in [-0.15, -0.1) is 11.3 Å². The van der Waals surface area contributed by atoms with Crippen LogP contribution >= 0.6 is 11.3 Å². The van der Waals surface area contributed by atoms with Gasteiger partial charge in [-0.3, -0.25) is 4.79 Å². The molecule has 19 heavy (non-hydrogen) atoms. The maximum absolute atomic E-state index is 12.0. The molecule has 0 spiro atoms. The molecule has 0 aliphatic rings. The number of anilines is 1. The molecule has 4 N–H and O–H groups in total. The van der Waals surface area contributed by atoms with Crippen LogP contribution in [0.25, 0.3) is 10.2 Å². The first-order valence-electron chi connectivity index (χ1n) is 6.19. The number of amides is 1. The smallest absolute Gasteiger partial charge is 0.263 e. The van der Waals surface area contributed by atoms with E-state index in [1.807, 2.05) is 6.07 Å². The highest BCUT2D eigenvalue weighted by Crippen LogP contribution is 2.31. The van der Waals surface area contributed by atoms with E-state index in [9.17, 15) is 4.79 Å². The van der Waals surface area contributed by atoms with Gasteiger partial charge in [0, 0.05) is 18.1 Å². The van der Waals surface area contributed by atoms with Crippen LogP contribution in [0.3, 0.4) is 0 Å². The molecule has 0 bridgehead atoms. The summed E-state index contributed by atoms with van der Waals surface area (Å²) in [6, 6.07) is 3.66. The second-order valence-electron chi connectivity index (χ2n) is 4.45. The Morgan fingerprint density at radius 3 is 3.11 bits per heavy atom. The Kier molecular flexibility index (Phi) is 4.34. The van der Waals surface area contributed by atoms with E-state index in [0.29, 0.717) is 23.5 Å². The number of hydrogen-bond donors (Lipinski definition) is 3. The summed E-state index contributed by atoms with van der Waals surface area (Å²) in [5, 5.41) is 12.8. The molecule has 2 rings (SSSR count). The highest BCUT2D eigenvalue weighted by Gasteiger charge is 2.16. The van der Waals surface area contributed by atoms with Crippen molar-refractivity contribution >= 4 is 33.1 Å². The number of carbonyl (C=O) groups is 1. The molecule has 0 radical (unpaired) electrons. The molecule has 1 atom stereocenters. The van der Waals surface area contributed by atoms with Crippen molar-refractivity contribution in [1.82, 2.24) is 10.3 Å². The van der Waals surface area contributed by atoms with Crippen LogP contribution in [0, 0.1) is 0 Å². The van der Waals surface area contributed by atoms with Gasteiger partial charge in [0.15, 0.2) is 0 Å². The van der Waals surface area contributed by atoms with Crippen molar-refractivity contribution < 1.29 is 9.90 Å². The molecule has 0 aliphatic carbocycles. The van der Waals surface area contributed by atoms with E-state index in [1.54, 1.807) is 19.2 Å². The van der Waals surface area contributed by atoms with Crippen LogP contribution in [0.4, 0.5) is 5.69 Å². The lowest BCUT2D eigenvalue weighted by atomic mass is 10.2. The van der Waals surface area contributed by atoms with Crippen LogP contribution in [0.1, 0.15) is 29.4 Å². The van der Waals surface area contributed by atoms with Crippen molar-refractivity contribution in [3.05, 3.63) is 23.2 Å². The highest BCUT2D eigenvalue weighted by molar-refractivity contribution is 7.21. The predicted octanol–water partition coefficient (Wildman–Crippen LogP) is 1.77. The summed E-state index contributed by atoms with van der Waals surface area (Å²) in [6.45, 7) is 2.27. The standard InChI is InChI=1S/C13H17N3O2S/c1-8(17)4-2-6-15-12(18)11-10(14)9-5-3-7-16-13(9)19-11/h3,5,7-8,17H,2,4,6,14H2,1H3,(H,15,18). The van der Waals surface area contributed by atoms with Crippen LogP contribution in [0.2, 0.25) is 0 Å². The zero-order chi connectivity index (χ0) is 13.8. The normalized spacial score (nSPS) is 12.5. The van der Waals surface area contributed by atoms with Crippen LogP contribution in [0.15, 0.2) is 18.3 Å². The number of nitrogens with zero attached hydrogens (tertiary/aromatic N) is 1. The molecule has 5 nitrogen and oxygen atoms in total. The number of fused-ring (bicyclic) bond motifs is 1. The van der Waals surface area contributed by atoms with Gasteiger partial charge in [-0.2, -0.15) is 0 Å². The molecular formula is C13H17N3O2S. The number of thiophene rings is 1. The molecule has 0 saturated heterocycles. The molecular weight excluding hydrogens is 262 g/mol. The van der Waals surface area contributed by atoms with Gasteiger partial charge in [-0.1, -0.05) is 0 Å². The number of aliphatic hydroxyl groups is 1. The topological polar surface area (TPSA) is 88.2 Å². The number of nitrogens with one attached hydrogen (secondary N) is 1. The second kappa shape index (κ2) is 5.99. The van der Waals surface area contributed by atoms with Gasteiger partial charge in [0.05, 0.1) is 11.8 Å². The molecule has 0 fully saturated rings. The summed E-state index contributed by atoms with van der Waals surface area (Å²) >= 11 is 1.30. The summed E-state index contributed by atoms with van der Waals surface area (Å²) in [4.78, 5) is 17.5. The number of pyridine rings is 1.